The molecule has 2 amide bonds. The average Bonchev–Trinajstić information content (AvgIpc) is 2.79. The maximum atomic E-state index is 13.0. The lowest BCUT2D eigenvalue weighted by Gasteiger charge is -2.24. The monoisotopic (exact) mass is 495 g/mol. The van der Waals surface area contributed by atoms with Crippen LogP contribution < -0.4 is 27.2 Å². The molecule has 0 saturated heterocycles. The summed E-state index contributed by atoms with van der Waals surface area (Å²) in [5.41, 5.74) is 4.72. The van der Waals surface area contributed by atoms with Gasteiger partial charge >= 0.3 is 11.7 Å². The Morgan fingerprint density at radius 2 is 1.77 bits per heavy atom. The standard InChI is InChI=1S/C24H41N5O6/c1-5-7-9-15-28(21-22(25)29(14-8-6-2)24(34)27-23(21)33)19(31)10-11-20(32)35-16-18(30)26-13-12-17(3)4/h17H,5-16,25H2,1-4H3,(H,26,30)(H,27,33,34). The van der Waals surface area contributed by atoms with Crippen LogP contribution in [0.3, 0.4) is 0 Å². The first kappa shape index (κ1) is 29.9. The molecule has 11 heteroatoms. The maximum absolute atomic E-state index is 13.0. The summed E-state index contributed by atoms with van der Waals surface area (Å²) < 4.78 is 6.22. The number of rotatable bonds is 16. The van der Waals surface area contributed by atoms with Crippen molar-refractivity contribution in [3.05, 3.63) is 20.8 Å². The van der Waals surface area contributed by atoms with Gasteiger partial charge in [0, 0.05) is 26.1 Å². The van der Waals surface area contributed by atoms with E-state index in [0.29, 0.717) is 31.8 Å². The summed E-state index contributed by atoms with van der Waals surface area (Å²) in [6, 6.07) is 0. The van der Waals surface area contributed by atoms with Crippen molar-refractivity contribution in [3.8, 4) is 0 Å². The number of ether oxygens (including phenoxy) is 1. The molecule has 0 unspecified atom stereocenters. The van der Waals surface area contributed by atoms with Crippen molar-refractivity contribution in [2.75, 3.05) is 30.3 Å². The number of hydrogen-bond acceptors (Lipinski definition) is 7. The van der Waals surface area contributed by atoms with Gasteiger partial charge in [-0.1, -0.05) is 47.0 Å². The highest BCUT2D eigenvalue weighted by Crippen LogP contribution is 2.19. The van der Waals surface area contributed by atoms with Crippen LogP contribution in [0.5, 0.6) is 0 Å². The minimum atomic E-state index is -0.745. The molecule has 0 bridgehead atoms. The normalized spacial score (nSPS) is 10.9. The summed E-state index contributed by atoms with van der Waals surface area (Å²) in [5, 5.41) is 2.67. The highest BCUT2D eigenvalue weighted by Gasteiger charge is 2.24. The van der Waals surface area contributed by atoms with Crippen LogP contribution in [0.15, 0.2) is 9.59 Å². The van der Waals surface area contributed by atoms with Crippen molar-refractivity contribution in [2.45, 2.75) is 85.6 Å². The first-order chi connectivity index (χ1) is 16.6. The van der Waals surface area contributed by atoms with Gasteiger partial charge in [0.15, 0.2) is 12.3 Å². The number of anilines is 2. The van der Waals surface area contributed by atoms with E-state index < -0.39 is 35.6 Å². The SMILES string of the molecule is CCCCCN(C(=O)CCC(=O)OCC(=O)NCCC(C)C)c1c(N)n(CCCC)c(=O)[nH]c1=O. The first-order valence-electron chi connectivity index (χ1n) is 12.5. The Bertz CT molecular complexity index is 953. The Hall–Kier alpha value is -3.11. The van der Waals surface area contributed by atoms with Crippen molar-refractivity contribution >= 4 is 29.3 Å². The van der Waals surface area contributed by atoms with Crippen molar-refractivity contribution in [3.63, 3.8) is 0 Å². The van der Waals surface area contributed by atoms with Gasteiger partial charge in [-0.3, -0.25) is 28.7 Å². The van der Waals surface area contributed by atoms with Gasteiger partial charge in [0.1, 0.15) is 5.82 Å². The zero-order valence-corrected chi connectivity index (χ0v) is 21.5. The lowest BCUT2D eigenvalue weighted by atomic mass is 10.1. The quantitative estimate of drug-likeness (QED) is 0.234. The average molecular weight is 496 g/mol. The molecule has 0 saturated carbocycles. The molecule has 1 heterocycles. The summed E-state index contributed by atoms with van der Waals surface area (Å²) in [4.78, 5) is 65.3. The predicted molar refractivity (Wildman–Crippen MR) is 135 cm³/mol. The van der Waals surface area contributed by atoms with Crippen molar-refractivity contribution in [1.82, 2.24) is 14.9 Å². The van der Waals surface area contributed by atoms with Crippen LogP contribution in [0.1, 0.15) is 79.1 Å². The summed E-state index contributed by atoms with van der Waals surface area (Å²) in [6.45, 7) is 8.66. The van der Waals surface area contributed by atoms with Crippen molar-refractivity contribution in [1.29, 1.82) is 0 Å². The molecular weight excluding hydrogens is 454 g/mol. The van der Waals surface area contributed by atoms with Crippen LogP contribution in [0.4, 0.5) is 11.5 Å². The molecule has 4 N–H and O–H groups in total. The zero-order chi connectivity index (χ0) is 26.4. The van der Waals surface area contributed by atoms with Crippen molar-refractivity contribution in [2.24, 2.45) is 5.92 Å². The van der Waals surface area contributed by atoms with Crippen LogP contribution in [0.25, 0.3) is 0 Å². The van der Waals surface area contributed by atoms with E-state index >= 15 is 0 Å². The third kappa shape index (κ3) is 10.4. The molecule has 0 aliphatic carbocycles. The van der Waals surface area contributed by atoms with Crippen LogP contribution in [-0.2, 0) is 25.7 Å². The van der Waals surface area contributed by atoms with Crippen molar-refractivity contribution < 1.29 is 19.1 Å². The Kier molecular flexibility index (Phi) is 13.4. The minimum Gasteiger partial charge on any atom is -0.456 e. The number of aromatic amines is 1. The van der Waals surface area contributed by atoms with Gasteiger partial charge in [-0.15, -0.1) is 0 Å². The second-order valence-corrected chi connectivity index (χ2v) is 8.94. The number of amides is 2. The second kappa shape index (κ2) is 15.7. The van der Waals surface area contributed by atoms with Crippen LogP contribution in [0, 0.1) is 5.92 Å². The summed E-state index contributed by atoms with van der Waals surface area (Å²) >= 11 is 0. The highest BCUT2D eigenvalue weighted by atomic mass is 16.5. The Labute approximate surface area is 206 Å². The molecule has 198 valence electrons. The van der Waals surface area contributed by atoms with E-state index in [4.69, 9.17) is 10.5 Å². The molecule has 0 aliphatic rings. The van der Waals surface area contributed by atoms with Crippen LogP contribution in [-0.4, -0.2) is 47.0 Å². The number of esters is 1. The maximum Gasteiger partial charge on any atom is 0.330 e. The minimum absolute atomic E-state index is 0.0716. The summed E-state index contributed by atoms with van der Waals surface area (Å²) in [5.74, 6) is -1.22. The Morgan fingerprint density at radius 3 is 2.40 bits per heavy atom. The molecule has 0 atom stereocenters. The number of carbonyl (C=O) groups excluding carboxylic acids is 3. The highest BCUT2D eigenvalue weighted by molar-refractivity contribution is 5.97. The van der Waals surface area contributed by atoms with Gasteiger partial charge in [0.05, 0.1) is 6.42 Å². The molecule has 0 aromatic carbocycles. The van der Waals surface area contributed by atoms with E-state index in [9.17, 15) is 24.0 Å². The van der Waals surface area contributed by atoms with E-state index in [0.717, 1.165) is 25.7 Å². The molecular formula is C24H41N5O6. The van der Waals surface area contributed by atoms with Gasteiger partial charge in [0.2, 0.25) is 5.91 Å². The third-order valence-electron chi connectivity index (χ3n) is 5.46. The topological polar surface area (TPSA) is 157 Å². The molecule has 0 fully saturated rings. The lowest BCUT2D eigenvalue weighted by molar-refractivity contribution is -0.149. The van der Waals surface area contributed by atoms with Crippen LogP contribution >= 0.6 is 0 Å². The number of nitrogens with two attached hydrogens (primary N) is 1. The fourth-order valence-corrected chi connectivity index (χ4v) is 3.37. The lowest BCUT2D eigenvalue weighted by Crippen LogP contribution is -2.41. The van der Waals surface area contributed by atoms with Gasteiger partial charge in [0.25, 0.3) is 11.5 Å². The molecule has 1 rings (SSSR count). The van der Waals surface area contributed by atoms with Crippen LogP contribution in [0.2, 0.25) is 0 Å². The van der Waals surface area contributed by atoms with E-state index in [-0.39, 0.29) is 30.9 Å². The molecule has 0 spiro atoms. The third-order valence-corrected chi connectivity index (χ3v) is 5.46. The molecule has 11 nitrogen and oxygen atoms in total. The first-order valence-corrected chi connectivity index (χ1v) is 12.5. The fourth-order valence-electron chi connectivity index (χ4n) is 3.37. The molecule has 1 aromatic heterocycles. The number of nitrogens with one attached hydrogen (secondary N) is 2. The number of carbonyl (C=O) groups is 3. The van der Waals surface area contributed by atoms with Gasteiger partial charge in [-0.2, -0.15) is 0 Å². The van der Waals surface area contributed by atoms with E-state index in [1.807, 2.05) is 27.7 Å². The van der Waals surface area contributed by atoms with E-state index in [2.05, 4.69) is 10.3 Å². The molecule has 35 heavy (non-hydrogen) atoms. The van der Waals surface area contributed by atoms with Gasteiger partial charge in [-0.05, 0) is 25.2 Å². The summed E-state index contributed by atoms with van der Waals surface area (Å²) in [7, 11) is 0. The zero-order valence-electron chi connectivity index (χ0n) is 21.5. The largest absolute Gasteiger partial charge is 0.456 e. The van der Waals surface area contributed by atoms with Gasteiger partial charge < -0.3 is 20.7 Å². The van der Waals surface area contributed by atoms with Gasteiger partial charge in [-0.25, -0.2) is 4.79 Å². The fraction of sp³-hybridized carbons (Fsp3) is 0.708. The summed E-state index contributed by atoms with van der Waals surface area (Å²) in [6.07, 6.45) is 4.17. The Morgan fingerprint density at radius 1 is 1.09 bits per heavy atom. The number of H-pyrrole nitrogens is 1. The molecule has 1 aromatic rings. The Balaban J connectivity index is 2.89. The number of nitrogen functional groups attached to an aromatic ring is 1. The molecule has 0 radical (unpaired) electrons. The molecule has 0 aliphatic heterocycles. The van der Waals surface area contributed by atoms with E-state index in [1.54, 1.807) is 0 Å². The van der Waals surface area contributed by atoms with E-state index in [1.165, 1.54) is 9.47 Å². The number of nitrogens with zero attached hydrogens (tertiary/aromatic N) is 2. The predicted octanol–water partition coefficient (Wildman–Crippen LogP) is 1.93. The number of unbranched alkanes of at least 4 members (excludes halogenated alkanes) is 3. The number of aromatic nitrogens is 2. The number of hydrogen-bond donors (Lipinski definition) is 3. The second-order valence-electron chi connectivity index (χ2n) is 8.94. The smallest absolute Gasteiger partial charge is 0.330 e.